The van der Waals surface area contributed by atoms with Gasteiger partial charge in [-0.1, -0.05) is 13.8 Å². The summed E-state index contributed by atoms with van der Waals surface area (Å²) in [7, 11) is 0. The van der Waals surface area contributed by atoms with Gasteiger partial charge < -0.3 is 14.6 Å². The van der Waals surface area contributed by atoms with Crippen LogP contribution >= 0.6 is 0 Å². The second-order valence-electron chi connectivity index (χ2n) is 10.7. The van der Waals surface area contributed by atoms with Gasteiger partial charge in [0.25, 0.3) is 0 Å². The van der Waals surface area contributed by atoms with Crippen LogP contribution in [0.2, 0.25) is 0 Å². The molecule has 5 nitrogen and oxygen atoms in total. The molecule has 0 aromatic carbocycles. The first kappa shape index (κ1) is 21.1. The summed E-state index contributed by atoms with van der Waals surface area (Å²) in [6.45, 7) is 7.87. The Morgan fingerprint density at radius 3 is 2.34 bits per heavy atom. The Hall–Kier alpha value is -1.10. The average Bonchev–Trinajstić information content (AvgIpc) is 2.96. The van der Waals surface area contributed by atoms with Gasteiger partial charge in [0.15, 0.2) is 0 Å². The van der Waals surface area contributed by atoms with Gasteiger partial charge in [-0.2, -0.15) is 0 Å². The predicted molar refractivity (Wildman–Crippen MR) is 109 cm³/mol. The fourth-order valence-electron chi connectivity index (χ4n) is 8.53. The quantitative estimate of drug-likeness (QED) is 0.714. The van der Waals surface area contributed by atoms with E-state index in [1.807, 2.05) is 0 Å². The topological polar surface area (TPSA) is 72.8 Å². The smallest absolute Gasteiger partial charge is 0.302 e. The highest BCUT2D eigenvalue weighted by Gasteiger charge is 2.63. The van der Waals surface area contributed by atoms with Crippen LogP contribution in [0, 0.1) is 40.4 Å². The van der Waals surface area contributed by atoms with E-state index in [-0.39, 0.29) is 41.6 Å². The summed E-state index contributed by atoms with van der Waals surface area (Å²) in [5.74, 6) is 2.12. The molecule has 0 bridgehead atoms. The van der Waals surface area contributed by atoms with Gasteiger partial charge in [-0.05, 0) is 81.0 Å². The molecular weight excluding hydrogens is 368 g/mol. The van der Waals surface area contributed by atoms with Crippen molar-refractivity contribution in [1.29, 1.82) is 0 Å². The van der Waals surface area contributed by atoms with Gasteiger partial charge in [-0.3, -0.25) is 9.59 Å². The molecule has 0 aliphatic heterocycles. The van der Waals surface area contributed by atoms with E-state index in [1.165, 1.54) is 20.3 Å². The summed E-state index contributed by atoms with van der Waals surface area (Å²) >= 11 is 0. The number of rotatable bonds is 3. The second kappa shape index (κ2) is 7.55. The molecule has 4 aliphatic rings. The Balaban J connectivity index is 1.59. The third-order valence-corrected chi connectivity index (χ3v) is 9.65. The summed E-state index contributed by atoms with van der Waals surface area (Å²) in [6, 6.07) is 0. The number of esters is 2. The lowest BCUT2D eigenvalue weighted by Crippen LogP contribution is -2.60. The van der Waals surface area contributed by atoms with Crippen LogP contribution in [0.15, 0.2) is 0 Å². The summed E-state index contributed by atoms with van der Waals surface area (Å²) in [6.07, 6.45) is 8.38. The molecule has 164 valence electrons. The summed E-state index contributed by atoms with van der Waals surface area (Å²) in [4.78, 5) is 23.2. The molecule has 4 aliphatic carbocycles. The molecule has 0 aromatic heterocycles. The van der Waals surface area contributed by atoms with E-state index in [0.29, 0.717) is 29.6 Å². The van der Waals surface area contributed by atoms with Crippen LogP contribution in [-0.4, -0.2) is 35.9 Å². The van der Waals surface area contributed by atoms with E-state index >= 15 is 0 Å². The van der Waals surface area contributed by atoms with E-state index in [4.69, 9.17) is 9.47 Å². The lowest BCUT2D eigenvalue weighted by Gasteiger charge is -2.63. The molecule has 4 saturated carbocycles. The fourth-order valence-corrected chi connectivity index (χ4v) is 8.53. The number of carbonyl (C=O) groups excluding carboxylic acids is 2. The van der Waals surface area contributed by atoms with Crippen LogP contribution in [0.5, 0.6) is 0 Å². The van der Waals surface area contributed by atoms with Crippen LogP contribution in [0.4, 0.5) is 0 Å². The number of fused-ring (bicyclic) bond motifs is 5. The minimum absolute atomic E-state index is 0.00240. The van der Waals surface area contributed by atoms with Crippen molar-refractivity contribution in [3.63, 3.8) is 0 Å². The number of hydrogen-bond donors (Lipinski definition) is 1. The average molecular weight is 407 g/mol. The Bertz CT molecular complexity index is 662. The Morgan fingerprint density at radius 1 is 0.966 bits per heavy atom. The third-order valence-electron chi connectivity index (χ3n) is 9.65. The van der Waals surface area contributed by atoms with Crippen molar-refractivity contribution in [1.82, 2.24) is 0 Å². The molecule has 0 radical (unpaired) electrons. The number of carbonyl (C=O) groups is 2. The Kier molecular flexibility index (Phi) is 5.50. The maximum absolute atomic E-state index is 11.6. The maximum Gasteiger partial charge on any atom is 0.302 e. The summed E-state index contributed by atoms with van der Waals surface area (Å²) in [5.41, 5.74) is 0.0227. The van der Waals surface area contributed by atoms with E-state index in [0.717, 1.165) is 44.9 Å². The van der Waals surface area contributed by atoms with Gasteiger partial charge in [0.2, 0.25) is 0 Å². The van der Waals surface area contributed by atoms with Gasteiger partial charge in [0.05, 0.1) is 0 Å². The monoisotopic (exact) mass is 406 g/mol. The molecule has 4 rings (SSSR count). The highest BCUT2D eigenvalue weighted by atomic mass is 16.5. The van der Waals surface area contributed by atoms with Crippen molar-refractivity contribution in [2.45, 2.75) is 91.3 Å². The SMILES string of the molecule is CC(=O)O[C@@H]1C[C@@H]2CC[C@H]3[C@@H]4CC[C@H](OC(C)=O)[C@@]4(C)CC[C@@H]3[C@@]2(CO)[C@H](C)C1. The molecule has 0 spiro atoms. The first-order chi connectivity index (χ1) is 13.7. The van der Waals surface area contributed by atoms with Crippen LogP contribution in [0.3, 0.4) is 0 Å². The Morgan fingerprint density at radius 2 is 1.69 bits per heavy atom. The van der Waals surface area contributed by atoms with Gasteiger partial charge in [0, 0.05) is 31.3 Å². The highest BCUT2D eigenvalue weighted by molar-refractivity contribution is 5.66. The van der Waals surface area contributed by atoms with Crippen LogP contribution in [-0.2, 0) is 19.1 Å². The molecule has 0 saturated heterocycles. The number of ether oxygens (including phenoxy) is 2. The van der Waals surface area contributed by atoms with Gasteiger partial charge in [-0.15, -0.1) is 0 Å². The van der Waals surface area contributed by atoms with E-state index in [1.54, 1.807) is 0 Å². The Labute approximate surface area is 174 Å². The lowest BCUT2D eigenvalue weighted by atomic mass is 9.42. The van der Waals surface area contributed by atoms with Crippen molar-refractivity contribution in [3.05, 3.63) is 0 Å². The number of aliphatic hydroxyl groups is 1. The summed E-state index contributed by atoms with van der Waals surface area (Å²) in [5, 5.41) is 10.8. The van der Waals surface area contributed by atoms with Crippen molar-refractivity contribution in [3.8, 4) is 0 Å². The molecule has 9 atom stereocenters. The molecule has 0 unspecified atom stereocenters. The lowest BCUT2D eigenvalue weighted by molar-refractivity contribution is -0.193. The molecule has 1 N–H and O–H groups in total. The largest absolute Gasteiger partial charge is 0.463 e. The molecule has 0 aromatic rings. The highest BCUT2D eigenvalue weighted by Crippen LogP contribution is 2.67. The van der Waals surface area contributed by atoms with Gasteiger partial charge in [0.1, 0.15) is 12.2 Å². The van der Waals surface area contributed by atoms with Crippen molar-refractivity contribution in [2.24, 2.45) is 40.4 Å². The number of hydrogen-bond acceptors (Lipinski definition) is 5. The van der Waals surface area contributed by atoms with Crippen LogP contribution < -0.4 is 0 Å². The number of aliphatic hydroxyl groups excluding tert-OH is 1. The van der Waals surface area contributed by atoms with Crippen molar-refractivity contribution >= 4 is 11.9 Å². The second-order valence-corrected chi connectivity index (χ2v) is 10.7. The van der Waals surface area contributed by atoms with E-state index in [9.17, 15) is 14.7 Å². The first-order valence-electron chi connectivity index (χ1n) is 11.7. The molecule has 5 heteroatoms. The molecule has 0 amide bonds. The molecule has 4 fully saturated rings. The molecule has 0 heterocycles. The standard InChI is InChI=1S/C24H38O5/c1-14-11-18(28-15(2)26)12-17-5-6-19-20-7-8-22(29-16(3)27)23(20,4)10-9-21(19)24(14,17)13-25/h14,17-22,25H,5-13H2,1-4H3/t14-,17+,18+,19+,20+,21+,22+,23+,24+/m1/s1. The van der Waals surface area contributed by atoms with Crippen molar-refractivity contribution < 1.29 is 24.2 Å². The minimum atomic E-state index is -0.191. The van der Waals surface area contributed by atoms with E-state index in [2.05, 4.69) is 13.8 Å². The maximum atomic E-state index is 11.6. The zero-order valence-corrected chi connectivity index (χ0v) is 18.5. The van der Waals surface area contributed by atoms with Crippen LogP contribution in [0.1, 0.15) is 79.1 Å². The van der Waals surface area contributed by atoms with E-state index < -0.39 is 0 Å². The molecular formula is C24H38O5. The first-order valence-corrected chi connectivity index (χ1v) is 11.7. The molecule has 29 heavy (non-hydrogen) atoms. The summed E-state index contributed by atoms with van der Waals surface area (Å²) < 4.78 is 11.4. The van der Waals surface area contributed by atoms with Crippen LogP contribution in [0.25, 0.3) is 0 Å². The fraction of sp³-hybridized carbons (Fsp3) is 0.917. The van der Waals surface area contributed by atoms with Crippen molar-refractivity contribution in [2.75, 3.05) is 6.61 Å². The zero-order valence-electron chi connectivity index (χ0n) is 18.5. The minimum Gasteiger partial charge on any atom is -0.463 e. The normalized spacial score (nSPS) is 48.8. The predicted octanol–water partition coefficient (Wildman–Crippen LogP) is 4.11. The zero-order chi connectivity index (χ0) is 21.0. The van der Waals surface area contributed by atoms with Gasteiger partial charge in [-0.25, -0.2) is 0 Å². The van der Waals surface area contributed by atoms with Gasteiger partial charge >= 0.3 is 11.9 Å². The third kappa shape index (κ3) is 3.23.